The SMILES string of the molecule is c1cc2cc(c1)C[Se]CCCCC[Se]C2. The summed E-state index contributed by atoms with van der Waals surface area (Å²) in [5.41, 5.74) is 3.17. The molecular weight excluding hydrogens is 314 g/mol. The van der Waals surface area contributed by atoms with Crippen LogP contribution in [-0.2, 0) is 10.6 Å². The van der Waals surface area contributed by atoms with Gasteiger partial charge in [-0.05, 0) is 0 Å². The van der Waals surface area contributed by atoms with Gasteiger partial charge in [0, 0.05) is 0 Å². The second-order valence-electron chi connectivity index (χ2n) is 3.99. The van der Waals surface area contributed by atoms with Crippen molar-refractivity contribution in [1.29, 1.82) is 0 Å². The van der Waals surface area contributed by atoms with Gasteiger partial charge in [0.25, 0.3) is 0 Å². The molecule has 2 heteroatoms. The first-order valence-electron chi connectivity index (χ1n) is 5.68. The Morgan fingerprint density at radius 1 is 0.800 bits per heavy atom. The molecule has 2 rings (SSSR count). The predicted molar refractivity (Wildman–Crippen MR) is 68.8 cm³/mol. The molecule has 0 fully saturated rings. The molecule has 0 radical (unpaired) electrons. The zero-order chi connectivity index (χ0) is 10.3. The van der Waals surface area contributed by atoms with Crippen molar-refractivity contribution in [2.75, 3.05) is 0 Å². The summed E-state index contributed by atoms with van der Waals surface area (Å²) in [6.45, 7) is 0. The molecule has 0 N–H and O–H groups in total. The van der Waals surface area contributed by atoms with Gasteiger partial charge in [0.05, 0.1) is 0 Å². The fraction of sp³-hybridized carbons (Fsp3) is 0.538. The number of hydrogen-bond donors (Lipinski definition) is 0. The molecule has 0 amide bonds. The Hall–Kier alpha value is 0.259. The van der Waals surface area contributed by atoms with Gasteiger partial charge in [0.15, 0.2) is 0 Å². The molecule has 1 aliphatic heterocycles. The van der Waals surface area contributed by atoms with Gasteiger partial charge in [-0.25, -0.2) is 0 Å². The van der Waals surface area contributed by atoms with E-state index in [1.165, 1.54) is 40.5 Å². The zero-order valence-corrected chi connectivity index (χ0v) is 12.5. The van der Waals surface area contributed by atoms with Crippen LogP contribution in [0.3, 0.4) is 0 Å². The van der Waals surface area contributed by atoms with E-state index in [-0.39, 0.29) is 0 Å². The van der Waals surface area contributed by atoms with E-state index in [0.29, 0.717) is 0 Å². The molecule has 0 atom stereocenters. The van der Waals surface area contributed by atoms with Crippen LogP contribution in [0.25, 0.3) is 0 Å². The number of benzene rings is 1. The Kier molecular flexibility index (Phi) is 5.29. The average molecular weight is 332 g/mol. The van der Waals surface area contributed by atoms with Crippen LogP contribution < -0.4 is 0 Å². The van der Waals surface area contributed by atoms with Crippen molar-refractivity contribution in [3.8, 4) is 0 Å². The molecule has 0 saturated heterocycles. The molecule has 0 aliphatic carbocycles. The molecule has 15 heavy (non-hydrogen) atoms. The Balaban J connectivity index is 2.00. The third-order valence-corrected chi connectivity index (χ3v) is 7.28. The second kappa shape index (κ2) is 6.76. The number of fused-ring (bicyclic) bond motifs is 2. The summed E-state index contributed by atoms with van der Waals surface area (Å²) in [6.07, 6.45) is 4.45. The molecule has 0 unspecified atom stereocenters. The summed E-state index contributed by atoms with van der Waals surface area (Å²) in [5.74, 6) is 0. The van der Waals surface area contributed by atoms with Crippen LogP contribution in [-0.4, -0.2) is 29.9 Å². The molecule has 0 saturated carbocycles. The van der Waals surface area contributed by atoms with Gasteiger partial charge in [-0.2, -0.15) is 0 Å². The Morgan fingerprint density at radius 3 is 2.00 bits per heavy atom. The van der Waals surface area contributed by atoms with E-state index < -0.39 is 0 Å². The predicted octanol–water partition coefficient (Wildman–Crippen LogP) is 3.12. The summed E-state index contributed by atoms with van der Waals surface area (Å²) in [4.78, 5) is 0. The first kappa shape index (κ1) is 11.7. The summed E-state index contributed by atoms with van der Waals surface area (Å²) in [7, 11) is 0. The molecule has 1 heterocycles. The van der Waals surface area contributed by atoms with E-state index in [9.17, 15) is 0 Å². The molecule has 1 aromatic rings. The van der Waals surface area contributed by atoms with E-state index in [1.807, 2.05) is 0 Å². The van der Waals surface area contributed by atoms with Gasteiger partial charge in [-0.15, -0.1) is 0 Å². The van der Waals surface area contributed by atoms with E-state index >= 15 is 0 Å². The van der Waals surface area contributed by atoms with Crippen LogP contribution in [0, 0.1) is 0 Å². The van der Waals surface area contributed by atoms with Crippen LogP contribution in [0.4, 0.5) is 0 Å². The summed E-state index contributed by atoms with van der Waals surface area (Å²) >= 11 is 1.70. The second-order valence-corrected chi connectivity index (χ2v) is 8.62. The van der Waals surface area contributed by atoms with Crippen LogP contribution in [0.15, 0.2) is 24.3 Å². The monoisotopic (exact) mass is 334 g/mol. The van der Waals surface area contributed by atoms with Gasteiger partial charge < -0.3 is 0 Å². The Morgan fingerprint density at radius 2 is 1.40 bits per heavy atom. The molecule has 0 aromatic heterocycles. The zero-order valence-electron chi connectivity index (χ0n) is 9.08. The Bertz CT molecular complexity index is 271. The molecule has 0 spiro atoms. The van der Waals surface area contributed by atoms with Gasteiger partial charge in [0.2, 0.25) is 0 Å². The molecule has 82 valence electrons. The first-order chi connectivity index (χ1) is 7.45. The van der Waals surface area contributed by atoms with Crippen molar-refractivity contribution < 1.29 is 0 Å². The number of hydrogen-bond acceptors (Lipinski definition) is 0. The van der Waals surface area contributed by atoms with Gasteiger partial charge in [0.1, 0.15) is 0 Å². The van der Waals surface area contributed by atoms with Crippen molar-refractivity contribution in [2.24, 2.45) is 0 Å². The fourth-order valence-corrected chi connectivity index (χ4v) is 5.84. The minimum absolute atomic E-state index is 0.850. The molecule has 1 aromatic carbocycles. The van der Waals surface area contributed by atoms with E-state index in [0.717, 1.165) is 29.9 Å². The Labute approximate surface area is 106 Å². The first-order valence-corrected chi connectivity index (χ1v) is 10.5. The normalized spacial score (nSPS) is 18.9. The summed E-state index contributed by atoms with van der Waals surface area (Å²) in [6, 6.07) is 9.32. The fourth-order valence-electron chi connectivity index (χ4n) is 1.77. The quantitative estimate of drug-likeness (QED) is 0.641. The van der Waals surface area contributed by atoms with Crippen molar-refractivity contribution in [3.05, 3.63) is 35.4 Å². The molecular formula is C13H18Se2. The van der Waals surface area contributed by atoms with Crippen LogP contribution in [0.1, 0.15) is 30.4 Å². The molecule has 1 aliphatic rings. The standard InChI is InChI=1S/C13H18Se2/c1-2-7-14-10-12-5-4-6-13(9-12)11-15-8-3-1/h4-6,9H,1-3,7-8,10-11H2. The van der Waals surface area contributed by atoms with Crippen LogP contribution in [0.2, 0.25) is 10.6 Å². The van der Waals surface area contributed by atoms with Crippen molar-refractivity contribution >= 4 is 29.9 Å². The summed E-state index contributed by atoms with van der Waals surface area (Å²) in [5, 5.41) is 5.69. The van der Waals surface area contributed by atoms with E-state index in [2.05, 4.69) is 24.3 Å². The molecule has 2 bridgehead atoms. The van der Waals surface area contributed by atoms with Gasteiger partial charge in [-0.1, -0.05) is 0 Å². The van der Waals surface area contributed by atoms with Crippen LogP contribution >= 0.6 is 0 Å². The van der Waals surface area contributed by atoms with Crippen molar-refractivity contribution in [3.63, 3.8) is 0 Å². The molecule has 0 nitrogen and oxygen atoms in total. The van der Waals surface area contributed by atoms with E-state index in [1.54, 1.807) is 11.1 Å². The maximum atomic E-state index is 2.45. The van der Waals surface area contributed by atoms with E-state index in [4.69, 9.17) is 0 Å². The third kappa shape index (κ3) is 4.32. The van der Waals surface area contributed by atoms with Crippen molar-refractivity contribution in [2.45, 2.75) is 40.5 Å². The minimum atomic E-state index is 0.850. The average Bonchev–Trinajstić information content (AvgIpc) is 2.26. The third-order valence-electron chi connectivity index (χ3n) is 2.61. The topological polar surface area (TPSA) is 0 Å². The summed E-state index contributed by atoms with van der Waals surface area (Å²) < 4.78 is 0. The maximum absolute atomic E-state index is 2.45. The van der Waals surface area contributed by atoms with Crippen LogP contribution in [0.5, 0.6) is 0 Å². The van der Waals surface area contributed by atoms with Gasteiger partial charge >= 0.3 is 106 Å². The van der Waals surface area contributed by atoms with Gasteiger partial charge in [-0.3, -0.25) is 0 Å². The van der Waals surface area contributed by atoms with Crippen molar-refractivity contribution in [1.82, 2.24) is 0 Å². The number of rotatable bonds is 0.